The van der Waals surface area contributed by atoms with Gasteiger partial charge in [0.25, 0.3) is 0 Å². The zero-order valence-electron chi connectivity index (χ0n) is 12.2. The minimum atomic E-state index is -0.383. The van der Waals surface area contributed by atoms with Gasteiger partial charge in [-0.2, -0.15) is 0 Å². The SMILES string of the molecule is COC(OC12CCC(C)(CC1)C(=O)C2)c1ccccc1. The van der Waals surface area contributed by atoms with E-state index in [1.165, 1.54) is 0 Å². The second kappa shape index (κ2) is 4.97. The molecule has 4 rings (SSSR count). The summed E-state index contributed by atoms with van der Waals surface area (Å²) in [6.45, 7) is 2.10. The number of methoxy groups -OCH3 is 1. The molecule has 0 amide bonds. The van der Waals surface area contributed by atoms with Crippen LogP contribution in [0.4, 0.5) is 0 Å². The first kappa shape index (κ1) is 13.8. The molecule has 1 unspecified atom stereocenters. The van der Waals surface area contributed by atoms with Crippen molar-refractivity contribution < 1.29 is 14.3 Å². The molecule has 3 heteroatoms. The molecule has 0 N–H and O–H groups in total. The van der Waals surface area contributed by atoms with Crippen LogP contribution in [0.3, 0.4) is 0 Å². The van der Waals surface area contributed by atoms with E-state index in [0.29, 0.717) is 12.2 Å². The fourth-order valence-electron chi connectivity index (χ4n) is 3.47. The van der Waals surface area contributed by atoms with Crippen molar-refractivity contribution in [3.63, 3.8) is 0 Å². The summed E-state index contributed by atoms with van der Waals surface area (Å²) in [5, 5.41) is 0. The molecule has 3 aliphatic rings. The van der Waals surface area contributed by atoms with Gasteiger partial charge >= 0.3 is 0 Å². The van der Waals surface area contributed by atoms with E-state index in [9.17, 15) is 4.79 Å². The molecular formula is C17H22O3. The fraction of sp³-hybridized carbons (Fsp3) is 0.588. The largest absolute Gasteiger partial charge is 0.352 e. The van der Waals surface area contributed by atoms with Crippen molar-refractivity contribution in [1.82, 2.24) is 0 Å². The lowest BCUT2D eigenvalue weighted by Crippen LogP contribution is -2.52. The number of benzene rings is 1. The Morgan fingerprint density at radius 3 is 2.30 bits per heavy atom. The van der Waals surface area contributed by atoms with Crippen molar-refractivity contribution >= 4 is 5.78 Å². The zero-order chi connectivity index (χ0) is 14.2. The average Bonchev–Trinajstić information content (AvgIpc) is 2.48. The number of hydrogen-bond donors (Lipinski definition) is 0. The number of Topliss-reactive ketones (excluding diaryl/α,β-unsaturated/α-hetero) is 1. The van der Waals surface area contributed by atoms with Crippen molar-refractivity contribution in [1.29, 1.82) is 0 Å². The van der Waals surface area contributed by atoms with Crippen LogP contribution in [0.1, 0.15) is 50.9 Å². The Hall–Kier alpha value is -1.19. The van der Waals surface area contributed by atoms with E-state index in [2.05, 4.69) is 6.92 Å². The van der Waals surface area contributed by atoms with E-state index >= 15 is 0 Å². The smallest absolute Gasteiger partial charge is 0.184 e. The molecule has 1 aromatic rings. The Bertz CT molecular complexity index is 486. The van der Waals surface area contributed by atoms with Crippen molar-refractivity contribution in [3.05, 3.63) is 35.9 Å². The molecule has 0 radical (unpaired) electrons. The topological polar surface area (TPSA) is 35.5 Å². The zero-order valence-corrected chi connectivity index (χ0v) is 12.2. The molecule has 3 nitrogen and oxygen atoms in total. The molecule has 1 aromatic carbocycles. The van der Waals surface area contributed by atoms with E-state index in [1.54, 1.807) is 7.11 Å². The third-order valence-electron chi connectivity index (χ3n) is 5.06. The van der Waals surface area contributed by atoms with Crippen LogP contribution < -0.4 is 0 Å². The number of fused-ring (bicyclic) bond motifs is 3. The molecule has 0 aromatic heterocycles. The maximum Gasteiger partial charge on any atom is 0.184 e. The van der Waals surface area contributed by atoms with Crippen LogP contribution in [0, 0.1) is 5.41 Å². The lowest BCUT2D eigenvalue weighted by Gasteiger charge is -2.51. The number of carbonyl (C=O) groups is 1. The molecule has 0 saturated heterocycles. The number of rotatable bonds is 4. The minimum Gasteiger partial charge on any atom is -0.352 e. The Kier molecular flexibility index (Phi) is 3.43. The highest BCUT2D eigenvalue weighted by atomic mass is 16.7. The molecular weight excluding hydrogens is 252 g/mol. The summed E-state index contributed by atoms with van der Waals surface area (Å²) in [4.78, 5) is 12.3. The highest BCUT2D eigenvalue weighted by molar-refractivity contribution is 5.87. The monoisotopic (exact) mass is 274 g/mol. The first-order valence-corrected chi connectivity index (χ1v) is 7.36. The van der Waals surface area contributed by atoms with Crippen molar-refractivity contribution in [2.75, 3.05) is 7.11 Å². The van der Waals surface area contributed by atoms with Gasteiger partial charge in [-0.15, -0.1) is 0 Å². The van der Waals surface area contributed by atoms with Crippen LogP contribution in [-0.4, -0.2) is 18.5 Å². The predicted molar refractivity (Wildman–Crippen MR) is 76.2 cm³/mol. The van der Waals surface area contributed by atoms with Crippen LogP contribution in [0.25, 0.3) is 0 Å². The van der Waals surface area contributed by atoms with Gasteiger partial charge in [-0.1, -0.05) is 37.3 Å². The third-order valence-corrected chi connectivity index (χ3v) is 5.06. The summed E-state index contributed by atoms with van der Waals surface area (Å²) >= 11 is 0. The van der Waals surface area contributed by atoms with E-state index in [1.807, 2.05) is 30.3 Å². The summed E-state index contributed by atoms with van der Waals surface area (Å²) in [6, 6.07) is 9.94. The Labute approximate surface area is 120 Å². The Morgan fingerprint density at radius 2 is 1.75 bits per heavy atom. The van der Waals surface area contributed by atoms with Crippen LogP contribution >= 0.6 is 0 Å². The van der Waals surface area contributed by atoms with Crippen LogP contribution in [0.5, 0.6) is 0 Å². The van der Waals surface area contributed by atoms with Gasteiger partial charge < -0.3 is 9.47 Å². The van der Waals surface area contributed by atoms with Crippen LogP contribution in [0.15, 0.2) is 30.3 Å². The molecule has 3 fully saturated rings. The number of carbonyl (C=O) groups excluding carboxylic acids is 1. The van der Waals surface area contributed by atoms with E-state index in [0.717, 1.165) is 31.2 Å². The molecule has 20 heavy (non-hydrogen) atoms. The standard InChI is InChI=1S/C17H22O3/c1-16-8-10-17(11-9-16,12-14(16)18)20-15(19-2)13-6-4-3-5-7-13/h3-7,15H,8-12H2,1-2H3. The molecule has 0 heterocycles. The lowest BCUT2D eigenvalue weighted by atomic mass is 9.59. The summed E-state index contributed by atoms with van der Waals surface area (Å²) in [6.07, 6.45) is 3.96. The lowest BCUT2D eigenvalue weighted by molar-refractivity contribution is -0.233. The first-order chi connectivity index (χ1) is 9.57. The molecule has 2 bridgehead atoms. The van der Waals surface area contributed by atoms with Gasteiger partial charge in [0.05, 0.1) is 5.60 Å². The van der Waals surface area contributed by atoms with Gasteiger partial charge in [0.2, 0.25) is 0 Å². The van der Waals surface area contributed by atoms with Gasteiger partial charge in [0, 0.05) is 24.5 Å². The van der Waals surface area contributed by atoms with Crippen molar-refractivity contribution in [3.8, 4) is 0 Å². The van der Waals surface area contributed by atoms with E-state index in [4.69, 9.17) is 9.47 Å². The van der Waals surface area contributed by atoms with Crippen molar-refractivity contribution in [2.45, 2.75) is 50.9 Å². The Morgan fingerprint density at radius 1 is 1.10 bits per heavy atom. The normalized spacial score (nSPS) is 34.2. The average molecular weight is 274 g/mol. The maximum absolute atomic E-state index is 12.3. The second-order valence-electron chi connectivity index (χ2n) is 6.44. The van der Waals surface area contributed by atoms with Crippen molar-refractivity contribution in [2.24, 2.45) is 5.41 Å². The number of ether oxygens (including phenoxy) is 2. The molecule has 3 saturated carbocycles. The second-order valence-corrected chi connectivity index (χ2v) is 6.44. The molecule has 3 aliphatic carbocycles. The van der Waals surface area contributed by atoms with Crippen LogP contribution in [-0.2, 0) is 14.3 Å². The highest BCUT2D eigenvalue weighted by Crippen LogP contribution is 2.52. The Balaban J connectivity index is 1.78. The first-order valence-electron chi connectivity index (χ1n) is 7.36. The maximum atomic E-state index is 12.3. The molecule has 0 spiro atoms. The highest BCUT2D eigenvalue weighted by Gasteiger charge is 2.53. The third kappa shape index (κ3) is 2.29. The summed E-state index contributed by atoms with van der Waals surface area (Å²) in [7, 11) is 1.66. The summed E-state index contributed by atoms with van der Waals surface area (Å²) in [5.74, 6) is 0.359. The van der Waals surface area contributed by atoms with E-state index in [-0.39, 0.29) is 17.3 Å². The molecule has 1 atom stereocenters. The van der Waals surface area contributed by atoms with Gasteiger partial charge in [-0.05, 0) is 25.7 Å². The van der Waals surface area contributed by atoms with Gasteiger partial charge in [0.1, 0.15) is 5.78 Å². The summed E-state index contributed by atoms with van der Waals surface area (Å²) in [5.41, 5.74) is 0.599. The van der Waals surface area contributed by atoms with E-state index < -0.39 is 0 Å². The molecule has 108 valence electrons. The fourth-order valence-corrected chi connectivity index (χ4v) is 3.47. The predicted octanol–water partition coefficient (Wildman–Crippen LogP) is 3.64. The van der Waals surface area contributed by atoms with Crippen LogP contribution in [0.2, 0.25) is 0 Å². The molecule has 0 aliphatic heterocycles. The number of ketones is 1. The number of hydrogen-bond acceptors (Lipinski definition) is 3. The summed E-state index contributed by atoms with van der Waals surface area (Å²) < 4.78 is 11.8. The van der Waals surface area contributed by atoms with Gasteiger partial charge in [-0.25, -0.2) is 0 Å². The van der Waals surface area contributed by atoms with Gasteiger partial charge in [0.15, 0.2) is 6.29 Å². The van der Waals surface area contributed by atoms with Gasteiger partial charge in [-0.3, -0.25) is 4.79 Å². The quantitative estimate of drug-likeness (QED) is 0.786. The minimum absolute atomic E-state index is 0.0968.